The number of nitrogens with one attached hydrogen (secondary N) is 1. The number of hydrogen-bond acceptors (Lipinski definition) is 5. The molecule has 2 aromatic carbocycles. The van der Waals surface area contributed by atoms with Crippen LogP contribution in [0.1, 0.15) is 24.4 Å². The normalized spacial score (nSPS) is 12.9. The molecule has 0 aliphatic heterocycles. The third kappa shape index (κ3) is 3.94. The Balaban J connectivity index is 1.80. The third-order valence-corrected chi connectivity index (χ3v) is 5.93. The molecule has 0 saturated heterocycles. The first kappa shape index (κ1) is 22.4. The Hall–Kier alpha value is -4.42. The quantitative estimate of drug-likeness (QED) is 0.445. The Morgan fingerprint density at radius 2 is 1.80 bits per heavy atom. The summed E-state index contributed by atoms with van der Waals surface area (Å²) in [5.41, 5.74) is -0.427. The van der Waals surface area contributed by atoms with Gasteiger partial charge in [-0.1, -0.05) is 30.0 Å². The minimum atomic E-state index is -0.650. The van der Waals surface area contributed by atoms with Gasteiger partial charge in [-0.3, -0.25) is 18.7 Å². The molecule has 0 radical (unpaired) electrons. The van der Waals surface area contributed by atoms with Crippen LogP contribution in [0.25, 0.3) is 16.7 Å². The van der Waals surface area contributed by atoms with Crippen LogP contribution in [0.15, 0.2) is 69.0 Å². The van der Waals surface area contributed by atoms with Crippen LogP contribution in [0.5, 0.6) is 0 Å². The van der Waals surface area contributed by atoms with Crippen molar-refractivity contribution in [1.29, 1.82) is 0 Å². The molecule has 5 rings (SSSR count). The van der Waals surface area contributed by atoms with Gasteiger partial charge in [0, 0.05) is 24.7 Å². The van der Waals surface area contributed by atoms with Crippen LogP contribution in [-0.4, -0.2) is 25.4 Å². The first-order valence-electron chi connectivity index (χ1n) is 11.0. The fraction of sp³-hybridized carbons (Fsp3) is 0.192. The van der Waals surface area contributed by atoms with E-state index in [1.165, 1.54) is 38.9 Å². The third-order valence-electron chi connectivity index (χ3n) is 5.93. The van der Waals surface area contributed by atoms with Gasteiger partial charge < -0.3 is 10.4 Å². The molecular weight excluding hydrogens is 451 g/mol. The lowest BCUT2D eigenvalue weighted by atomic mass is 10.1. The standard InChI is InChI=1S/C26H21FN4O4/c1-29-22(33)15-21(28-20-12-9-16(6-5-13-32)14-19(20)27)23-24(29)30(17-7-3-2-4-8-17)26(35)31(25(23)34)18-10-11-18/h2-4,7-9,12,14-15,18,28,32H,10-11,13H2,1H3. The van der Waals surface area contributed by atoms with Gasteiger partial charge in [0.05, 0.1) is 17.1 Å². The van der Waals surface area contributed by atoms with E-state index in [0.29, 0.717) is 24.1 Å². The molecule has 0 unspecified atom stereocenters. The van der Waals surface area contributed by atoms with Gasteiger partial charge in [0.15, 0.2) is 0 Å². The van der Waals surface area contributed by atoms with Crippen LogP contribution in [0.3, 0.4) is 0 Å². The molecule has 0 spiro atoms. The zero-order valence-electron chi connectivity index (χ0n) is 18.8. The number of nitrogens with zero attached hydrogens (tertiary/aromatic N) is 3. The van der Waals surface area contributed by atoms with E-state index in [9.17, 15) is 18.8 Å². The highest BCUT2D eigenvalue weighted by molar-refractivity contribution is 5.91. The topological polar surface area (TPSA) is 98.3 Å². The van der Waals surface area contributed by atoms with Crippen molar-refractivity contribution in [2.45, 2.75) is 18.9 Å². The van der Waals surface area contributed by atoms with Crippen molar-refractivity contribution >= 4 is 22.4 Å². The summed E-state index contributed by atoms with van der Waals surface area (Å²) in [6.07, 6.45) is 1.41. The molecule has 2 aromatic heterocycles. The van der Waals surface area contributed by atoms with E-state index >= 15 is 0 Å². The van der Waals surface area contributed by atoms with Gasteiger partial charge in [0.25, 0.3) is 11.1 Å². The molecule has 176 valence electrons. The maximum Gasteiger partial charge on any atom is 0.337 e. The van der Waals surface area contributed by atoms with Crippen LogP contribution in [0, 0.1) is 17.7 Å². The van der Waals surface area contributed by atoms with Crippen molar-refractivity contribution in [2.24, 2.45) is 7.05 Å². The van der Waals surface area contributed by atoms with Crippen molar-refractivity contribution in [1.82, 2.24) is 13.7 Å². The smallest absolute Gasteiger partial charge is 0.337 e. The minimum absolute atomic E-state index is 0.0314. The van der Waals surface area contributed by atoms with E-state index in [1.807, 2.05) is 0 Å². The van der Waals surface area contributed by atoms with Crippen LogP contribution < -0.4 is 22.1 Å². The fourth-order valence-corrected chi connectivity index (χ4v) is 4.11. The zero-order chi connectivity index (χ0) is 24.7. The largest absolute Gasteiger partial charge is 0.384 e. The number of aliphatic hydroxyl groups excluding tert-OH is 1. The lowest BCUT2D eigenvalue weighted by Gasteiger charge is -2.19. The van der Waals surface area contributed by atoms with Crippen molar-refractivity contribution in [3.63, 3.8) is 0 Å². The van der Waals surface area contributed by atoms with E-state index in [0.717, 1.165) is 0 Å². The molecule has 2 heterocycles. The Kier molecular flexibility index (Phi) is 5.59. The lowest BCUT2D eigenvalue weighted by Crippen LogP contribution is -2.41. The molecule has 9 heteroatoms. The second-order valence-corrected chi connectivity index (χ2v) is 8.29. The van der Waals surface area contributed by atoms with Gasteiger partial charge in [0.1, 0.15) is 23.5 Å². The number of aryl methyl sites for hydroxylation is 1. The highest BCUT2D eigenvalue weighted by Crippen LogP contribution is 2.33. The van der Waals surface area contributed by atoms with E-state index in [4.69, 9.17) is 5.11 Å². The molecule has 1 saturated carbocycles. The number of aromatic nitrogens is 3. The molecule has 1 fully saturated rings. The lowest BCUT2D eigenvalue weighted by molar-refractivity contribution is 0.350. The number of pyridine rings is 1. The number of aliphatic hydroxyl groups is 1. The monoisotopic (exact) mass is 472 g/mol. The summed E-state index contributed by atoms with van der Waals surface area (Å²) in [4.78, 5) is 40.0. The van der Waals surface area contributed by atoms with E-state index in [1.54, 1.807) is 36.4 Å². The first-order valence-corrected chi connectivity index (χ1v) is 11.0. The molecule has 8 nitrogen and oxygen atoms in total. The first-order chi connectivity index (χ1) is 16.9. The summed E-state index contributed by atoms with van der Waals surface area (Å²) in [7, 11) is 1.49. The van der Waals surface area contributed by atoms with Gasteiger partial charge in [-0.15, -0.1) is 0 Å². The minimum Gasteiger partial charge on any atom is -0.384 e. The average Bonchev–Trinajstić information content (AvgIpc) is 3.68. The maximum absolute atomic E-state index is 14.9. The van der Waals surface area contributed by atoms with Crippen molar-refractivity contribution in [2.75, 3.05) is 11.9 Å². The van der Waals surface area contributed by atoms with Crippen LogP contribution >= 0.6 is 0 Å². The predicted octanol–water partition coefficient (Wildman–Crippen LogP) is 2.41. The fourth-order valence-electron chi connectivity index (χ4n) is 4.11. The Bertz CT molecular complexity index is 1700. The second kappa shape index (κ2) is 8.74. The molecule has 0 bridgehead atoms. The number of halogens is 1. The summed E-state index contributed by atoms with van der Waals surface area (Å²) in [5, 5.41) is 11.8. The van der Waals surface area contributed by atoms with Gasteiger partial charge >= 0.3 is 5.69 Å². The van der Waals surface area contributed by atoms with Crippen molar-refractivity contribution < 1.29 is 9.50 Å². The highest BCUT2D eigenvalue weighted by Gasteiger charge is 2.31. The SMILES string of the molecule is Cn1c(=O)cc(Nc2ccc(C#CCO)cc2F)c2c(=O)n(C3CC3)c(=O)n(-c3ccccc3)c21. The van der Waals surface area contributed by atoms with E-state index < -0.39 is 22.6 Å². The molecule has 35 heavy (non-hydrogen) atoms. The van der Waals surface area contributed by atoms with E-state index in [-0.39, 0.29) is 35.1 Å². The summed E-state index contributed by atoms with van der Waals surface area (Å²) in [6.45, 7) is -0.350. The summed E-state index contributed by atoms with van der Waals surface area (Å²) in [6, 6.07) is 14.0. The number of fused-ring (bicyclic) bond motifs is 1. The average molecular weight is 472 g/mol. The molecule has 0 amide bonds. The molecule has 0 atom stereocenters. The highest BCUT2D eigenvalue weighted by atomic mass is 19.1. The van der Waals surface area contributed by atoms with Crippen LogP contribution in [0.2, 0.25) is 0 Å². The number of benzene rings is 2. The maximum atomic E-state index is 14.9. The second-order valence-electron chi connectivity index (χ2n) is 8.29. The summed E-state index contributed by atoms with van der Waals surface area (Å²) < 4.78 is 18.7. The van der Waals surface area contributed by atoms with Crippen molar-refractivity contribution in [3.05, 3.63) is 97.2 Å². The van der Waals surface area contributed by atoms with Crippen LogP contribution in [0.4, 0.5) is 15.8 Å². The van der Waals surface area contributed by atoms with Gasteiger partial charge in [-0.25, -0.2) is 13.8 Å². The molecule has 1 aliphatic rings. The number of para-hydroxylation sites is 1. The number of anilines is 2. The van der Waals surface area contributed by atoms with Crippen molar-refractivity contribution in [3.8, 4) is 17.5 Å². The number of rotatable bonds is 4. The Morgan fingerprint density at radius 1 is 1.06 bits per heavy atom. The molecular formula is C26H21FN4O4. The molecule has 4 aromatic rings. The van der Waals surface area contributed by atoms with Crippen LogP contribution in [-0.2, 0) is 7.05 Å². The van der Waals surface area contributed by atoms with Gasteiger partial charge in [-0.2, -0.15) is 0 Å². The number of hydrogen-bond donors (Lipinski definition) is 2. The van der Waals surface area contributed by atoms with Gasteiger partial charge in [-0.05, 0) is 43.2 Å². The Morgan fingerprint density at radius 3 is 2.46 bits per heavy atom. The summed E-state index contributed by atoms with van der Waals surface area (Å²) in [5.74, 6) is 4.43. The zero-order valence-corrected chi connectivity index (χ0v) is 18.8. The Labute approximate surface area is 198 Å². The predicted molar refractivity (Wildman–Crippen MR) is 131 cm³/mol. The molecule has 2 N–H and O–H groups in total. The summed E-state index contributed by atoms with van der Waals surface area (Å²) >= 11 is 0. The van der Waals surface area contributed by atoms with Gasteiger partial charge in [0.2, 0.25) is 0 Å². The molecule has 1 aliphatic carbocycles. The van der Waals surface area contributed by atoms with E-state index in [2.05, 4.69) is 17.2 Å².